The Morgan fingerprint density at radius 1 is 1.36 bits per heavy atom. The van der Waals surface area contributed by atoms with E-state index in [2.05, 4.69) is 10.6 Å². The molecule has 2 atom stereocenters. The lowest BCUT2D eigenvalue weighted by molar-refractivity contribution is -0.130. The number of amides is 1. The summed E-state index contributed by atoms with van der Waals surface area (Å²) in [5, 5.41) is 6.31. The van der Waals surface area contributed by atoms with Gasteiger partial charge in [-0.2, -0.15) is 0 Å². The summed E-state index contributed by atoms with van der Waals surface area (Å²) in [5.41, 5.74) is 0. The molecule has 0 aromatic heterocycles. The van der Waals surface area contributed by atoms with Crippen LogP contribution in [-0.2, 0) is 9.53 Å². The van der Waals surface area contributed by atoms with Crippen LogP contribution in [0.15, 0.2) is 0 Å². The Labute approximate surface area is 84.4 Å². The molecule has 2 heterocycles. The third-order valence-electron chi connectivity index (χ3n) is 2.87. The topological polar surface area (TPSA) is 50.4 Å². The van der Waals surface area contributed by atoms with Crippen LogP contribution in [0.1, 0.15) is 25.7 Å². The highest BCUT2D eigenvalue weighted by Crippen LogP contribution is 2.12. The monoisotopic (exact) mass is 198 g/mol. The van der Waals surface area contributed by atoms with Crippen LogP contribution >= 0.6 is 0 Å². The van der Waals surface area contributed by atoms with Crippen molar-refractivity contribution in [2.45, 2.75) is 37.8 Å². The first-order valence-electron chi connectivity index (χ1n) is 5.49. The van der Waals surface area contributed by atoms with Gasteiger partial charge in [0.1, 0.15) is 6.10 Å². The zero-order valence-corrected chi connectivity index (χ0v) is 8.42. The third kappa shape index (κ3) is 2.45. The highest BCUT2D eigenvalue weighted by atomic mass is 16.5. The first-order chi connectivity index (χ1) is 6.86. The second kappa shape index (κ2) is 4.75. The van der Waals surface area contributed by atoms with Gasteiger partial charge in [-0.15, -0.1) is 0 Å². The van der Waals surface area contributed by atoms with E-state index in [1.54, 1.807) is 0 Å². The minimum atomic E-state index is -0.183. The van der Waals surface area contributed by atoms with Gasteiger partial charge >= 0.3 is 0 Å². The van der Waals surface area contributed by atoms with Crippen LogP contribution in [-0.4, -0.2) is 37.7 Å². The van der Waals surface area contributed by atoms with Gasteiger partial charge in [-0.05, 0) is 32.2 Å². The number of ether oxygens (including phenoxy) is 1. The molecule has 2 aliphatic heterocycles. The quantitative estimate of drug-likeness (QED) is 0.658. The molecule has 1 unspecified atom stereocenters. The number of hydrogen-bond acceptors (Lipinski definition) is 3. The Kier molecular flexibility index (Phi) is 3.37. The average Bonchev–Trinajstić information content (AvgIpc) is 2.72. The van der Waals surface area contributed by atoms with E-state index in [1.807, 2.05) is 0 Å². The van der Waals surface area contributed by atoms with E-state index in [1.165, 1.54) is 0 Å². The van der Waals surface area contributed by atoms with Crippen molar-refractivity contribution < 1.29 is 9.53 Å². The largest absolute Gasteiger partial charge is 0.368 e. The van der Waals surface area contributed by atoms with Gasteiger partial charge in [0, 0.05) is 19.2 Å². The molecule has 4 nitrogen and oxygen atoms in total. The Balaban J connectivity index is 1.75. The molecular weight excluding hydrogens is 180 g/mol. The van der Waals surface area contributed by atoms with Crippen molar-refractivity contribution >= 4 is 5.91 Å². The molecule has 0 aliphatic carbocycles. The maximum absolute atomic E-state index is 11.6. The van der Waals surface area contributed by atoms with Gasteiger partial charge in [0.25, 0.3) is 0 Å². The molecule has 0 radical (unpaired) electrons. The van der Waals surface area contributed by atoms with E-state index in [9.17, 15) is 4.79 Å². The Morgan fingerprint density at radius 2 is 2.29 bits per heavy atom. The van der Waals surface area contributed by atoms with E-state index in [4.69, 9.17) is 4.74 Å². The van der Waals surface area contributed by atoms with Crippen molar-refractivity contribution in [3.63, 3.8) is 0 Å². The fraction of sp³-hybridized carbons (Fsp3) is 0.900. The predicted molar refractivity (Wildman–Crippen MR) is 53.0 cm³/mol. The molecule has 0 aromatic rings. The predicted octanol–water partition coefficient (Wildman–Crippen LogP) is 0.0336. The molecule has 0 aromatic carbocycles. The first kappa shape index (κ1) is 9.93. The van der Waals surface area contributed by atoms with Crippen LogP contribution in [0.2, 0.25) is 0 Å². The normalized spacial score (nSPS) is 32.9. The number of carbonyl (C=O) groups is 1. The second-order valence-corrected chi connectivity index (χ2v) is 4.05. The van der Waals surface area contributed by atoms with Gasteiger partial charge < -0.3 is 15.4 Å². The molecular formula is C10H18N2O2. The van der Waals surface area contributed by atoms with Crippen molar-refractivity contribution in [2.24, 2.45) is 0 Å². The summed E-state index contributed by atoms with van der Waals surface area (Å²) >= 11 is 0. The summed E-state index contributed by atoms with van der Waals surface area (Å²) in [4.78, 5) is 11.6. The highest BCUT2D eigenvalue weighted by Gasteiger charge is 2.25. The SMILES string of the molecule is O=C(N[C@H]1CCCNC1)C1CCCO1. The second-order valence-electron chi connectivity index (χ2n) is 4.05. The summed E-state index contributed by atoms with van der Waals surface area (Å²) in [5.74, 6) is 0.0798. The number of carbonyl (C=O) groups excluding carboxylic acids is 1. The molecule has 2 saturated heterocycles. The van der Waals surface area contributed by atoms with Crippen molar-refractivity contribution in [3.8, 4) is 0 Å². The van der Waals surface area contributed by atoms with Gasteiger partial charge in [-0.25, -0.2) is 0 Å². The van der Waals surface area contributed by atoms with Crippen LogP contribution in [0.5, 0.6) is 0 Å². The molecule has 2 fully saturated rings. The molecule has 0 saturated carbocycles. The maximum atomic E-state index is 11.6. The molecule has 0 spiro atoms. The summed E-state index contributed by atoms with van der Waals surface area (Å²) in [6.45, 7) is 2.71. The third-order valence-corrected chi connectivity index (χ3v) is 2.87. The fourth-order valence-electron chi connectivity index (χ4n) is 2.05. The molecule has 1 amide bonds. The highest BCUT2D eigenvalue weighted by molar-refractivity contribution is 5.81. The van der Waals surface area contributed by atoms with Crippen molar-refractivity contribution in [2.75, 3.05) is 19.7 Å². The molecule has 2 rings (SSSR count). The van der Waals surface area contributed by atoms with E-state index in [0.717, 1.165) is 45.4 Å². The van der Waals surface area contributed by atoms with Crippen LogP contribution in [0.4, 0.5) is 0 Å². The van der Waals surface area contributed by atoms with Gasteiger partial charge in [0.05, 0.1) is 0 Å². The van der Waals surface area contributed by atoms with E-state index >= 15 is 0 Å². The van der Waals surface area contributed by atoms with Crippen LogP contribution < -0.4 is 10.6 Å². The molecule has 0 bridgehead atoms. The van der Waals surface area contributed by atoms with Crippen molar-refractivity contribution in [1.29, 1.82) is 0 Å². The lowest BCUT2D eigenvalue weighted by atomic mass is 10.1. The van der Waals surface area contributed by atoms with Crippen molar-refractivity contribution in [1.82, 2.24) is 10.6 Å². The number of piperidine rings is 1. The van der Waals surface area contributed by atoms with E-state index in [-0.39, 0.29) is 12.0 Å². The number of rotatable bonds is 2. The van der Waals surface area contributed by atoms with Gasteiger partial charge in [-0.3, -0.25) is 4.79 Å². The molecule has 4 heteroatoms. The summed E-state index contributed by atoms with van der Waals surface area (Å²) < 4.78 is 5.32. The van der Waals surface area contributed by atoms with Gasteiger partial charge in [0.2, 0.25) is 5.91 Å². The standard InChI is InChI=1S/C10H18N2O2/c13-10(9-4-2-6-14-9)12-8-3-1-5-11-7-8/h8-9,11H,1-7H2,(H,12,13)/t8-,9?/m0/s1. The lowest BCUT2D eigenvalue weighted by Gasteiger charge is -2.24. The van der Waals surface area contributed by atoms with E-state index < -0.39 is 0 Å². The molecule has 14 heavy (non-hydrogen) atoms. The summed E-state index contributed by atoms with van der Waals surface area (Å²) in [6, 6.07) is 0.306. The summed E-state index contributed by atoms with van der Waals surface area (Å²) in [7, 11) is 0. The minimum absolute atomic E-state index is 0.0798. The first-order valence-corrected chi connectivity index (χ1v) is 5.49. The van der Waals surface area contributed by atoms with Crippen LogP contribution in [0, 0.1) is 0 Å². The minimum Gasteiger partial charge on any atom is -0.368 e. The average molecular weight is 198 g/mol. The number of nitrogens with one attached hydrogen (secondary N) is 2. The zero-order chi connectivity index (χ0) is 9.80. The number of hydrogen-bond donors (Lipinski definition) is 2. The lowest BCUT2D eigenvalue weighted by Crippen LogP contribution is -2.48. The van der Waals surface area contributed by atoms with E-state index in [0.29, 0.717) is 6.04 Å². The molecule has 2 N–H and O–H groups in total. The van der Waals surface area contributed by atoms with Crippen molar-refractivity contribution in [3.05, 3.63) is 0 Å². The van der Waals surface area contributed by atoms with Crippen LogP contribution in [0.25, 0.3) is 0 Å². The molecule has 80 valence electrons. The zero-order valence-electron chi connectivity index (χ0n) is 8.42. The van der Waals surface area contributed by atoms with Crippen LogP contribution in [0.3, 0.4) is 0 Å². The Bertz CT molecular complexity index is 196. The summed E-state index contributed by atoms with van der Waals surface area (Å²) in [6.07, 6.45) is 3.95. The van der Waals surface area contributed by atoms with Gasteiger partial charge in [0.15, 0.2) is 0 Å². The Morgan fingerprint density at radius 3 is 2.93 bits per heavy atom. The Hall–Kier alpha value is -0.610. The van der Waals surface area contributed by atoms with Gasteiger partial charge in [-0.1, -0.05) is 0 Å². The smallest absolute Gasteiger partial charge is 0.249 e. The maximum Gasteiger partial charge on any atom is 0.249 e. The molecule has 2 aliphatic rings. The fourth-order valence-corrected chi connectivity index (χ4v) is 2.05.